The van der Waals surface area contributed by atoms with E-state index in [2.05, 4.69) is 26.6 Å². The molecule has 1 heterocycles. The van der Waals surface area contributed by atoms with Crippen molar-refractivity contribution in [1.29, 1.82) is 0 Å². The fraction of sp³-hybridized carbons (Fsp3) is 0.462. The Labute approximate surface area is 134 Å². The lowest BCUT2D eigenvalue weighted by atomic mass is 10.1. The molecule has 1 aromatic rings. The van der Waals surface area contributed by atoms with Gasteiger partial charge in [0.25, 0.3) is 5.91 Å². The average Bonchev–Trinajstić information content (AvgIpc) is 3.16. The molecule has 8 heteroatoms. The third-order valence-electron chi connectivity index (χ3n) is 3.20. The third kappa shape index (κ3) is 4.28. The maximum absolute atomic E-state index is 12.0. The number of carbonyl (C=O) groups excluding carboxylic acids is 2. The van der Waals surface area contributed by atoms with E-state index in [0.717, 1.165) is 16.6 Å². The number of nitrogens with one attached hydrogen (secondary N) is 2. The summed E-state index contributed by atoms with van der Waals surface area (Å²) < 4.78 is 0.824. The van der Waals surface area contributed by atoms with Crippen molar-refractivity contribution in [2.75, 3.05) is 0 Å². The lowest BCUT2D eigenvalue weighted by Crippen LogP contribution is -2.51. The molecular formula is C13H15BrN2O4S. The molecule has 0 aliphatic heterocycles. The van der Waals surface area contributed by atoms with Crippen LogP contribution in [0, 0.1) is 5.92 Å². The fourth-order valence-electron chi connectivity index (χ4n) is 1.86. The number of carboxylic acids is 1. The molecule has 2 amide bonds. The van der Waals surface area contributed by atoms with Crippen molar-refractivity contribution in [3.63, 3.8) is 0 Å². The predicted molar refractivity (Wildman–Crippen MR) is 81.2 cm³/mol. The van der Waals surface area contributed by atoms with Crippen LogP contribution in [0.5, 0.6) is 0 Å². The van der Waals surface area contributed by atoms with Gasteiger partial charge in [-0.3, -0.25) is 9.59 Å². The summed E-state index contributed by atoms with van der Waals surface area (Å²) in [6.07, 6.45) is 1.61. The minimum Gasteiger partial charge on any atom is -0.480 e. The molecule has 2 rings (SSSR count). The molecule has 2 atom stereocenters. The largest absolute Gasteiger partial charge is 0.480 e. The molecular weight excluding hydrogens is 360 g/mol. The molecule has 1 fully saturated rings. The SMILES string of the molecule is CC(NC(=O)c1ccc(Br)s1)C(=O)NC(C(=O)O)C1CC1. The van der Waals surface area contributed by atoms with Gasteiger partial charge in [-0.05, 0) is 53.7 Å². The van der Waals surface area contributed by atoms with Gasteiger partial charge in [-0.1, -0.05) is 0 Å². The highest BCUT2D eigenvalue weighted by molar-refractivity contribution is 9.11. The van der Waals surface area contributed by atoms with Crippen LogP contribution in [0.25, 0.3) is 0 Å². The first kappa shape index (κ1) is 16.0. The van der Waals surface area contributed by atoms with Gasteiger partial charge in [0.15, 0.2) is 0 Å². The highest BCUT2D eigenvalue weighted by Gasteiger charge is 2.38. The van der Waals surface area contributed by atoms with Gasteiger partial charge < -0.3 is 15.7 Å². The molecule has 0 bridgehead atoms. The fourth-order valence-corrected chi connectivity index (χ4v) is 3.15. The summed E-state index contributed by atoms with van der Waals surface area (Å²) in [5.41, 5.74) is 0. The Morgan fingerprint density at radius 3 is 2.48 bits per heavy atom. The van der Waals surface area contributed by atoms with Crippen LogP contribution in [0.15, 0.2) is 15.9 Å². The third-order valence-corrected chi connectivity index (χ3v) is 4.82. The molecule has 0 spiro atoms. The quantitative estimate of drug-likeness (QED) is 0.704. The molecule has 2 unspecified atom stereocenters. The lowest BCUT2D eigenvalue weighted by molar-refractivity contribution is -0.142. The summed E-state index contributed by atoms with van der Waals surface area (Å²) in [5, 5.41) is 14.1. The maximum Gasteiger partial charge on any atom is 0.326 e. The standard InChI is InChI=1S/C13H15BrN2O4S/c1-6(15-12(18)8-4-5-9(14)21-8)11(17)16-10(13(19)20)7-2-3-7/h4-7,10H,2-3H2,1H3,(H,15,18)(H,16,17)(H,19,20). The van der Waals surface area contributed by atoms with Crippen LogP contribution >= 0.6 is 27.3 Å². The van der Waals surface area contributed by atoms with Crippen LogP contribution in [0.2, 0.25) is 0 Å². The van der Waals surface area contributed by atoms with Crippen molar-refractivity contribution in [3.8, 4) is 0 Å². The second-order valence-electron chi connectivity index (χ2n) is 4.96. The highest BCUT2D eigenvalue weighted by atomic mass is 79.9. The Morgan fingerprint density at radius 2 is 2.00 bits per heavy atom. The van der Waals surface area contributed by atoms with E-state index in [1.54, 1.807) is 12.1 Å². The van der Waals surface area contributed by atoms with Gasteiger partial charge in [-0.25, -0.2) is 4.79 Å². The Kier molecular flexibility index (Phi) is 5.00. The molecule has 1 saturated carbocycles. The summed E-state index contributed by atoms with van der Waals surface area (Å²) in [7, 11) is 0. The van der Waals surface area contributed by atoms with Gasteiger partial charge in [-0.15, -0.1) is 11.3 Å². The number of halogens is 1. The maximum atomic E-state index is 12.0. The number of carboxylic acid groups (broad SMARTS) is 1. The Hall–Kier alpha value is -1.41. The summed E-state index contributed by atoms with van der Waals surface area (Å²) in [5.74, 6) is -1.88. The number of carbonyl (C=O) groups is 3. The van der Waals surface area contributed by atoms with Crippen LogP contribution in [-0.2, 0) is 9.59 Å². The van der Waals surface area contributed by atoms with Crippen molar-refractivity contribution in [2.24, 2.45) is 5.92 Å². The lowest BCUT2D eigenvalue weighted by Gasteiger charge is -2.18. The van der Waals surface area contributed by atoms with E-state index in [1.165, 1.54) is 18.3 Å². The van der Waals surface area contributed by atoms with Crippen molar-refractivity contribution < 1.29 is 19.5 Å². The van der Waals surface area contributed by atoms with Crippen molar-refractivity contribution >= 4 is 45.1 Å². The van der Waals surface area contributed by atoms with Gasteiger partial charge in [0.1, 0.15) is 12.1 Å². The zero-order valence-corrected chi connectivity index (χ0v) is 13.7. The van der Waals surface area contributed by atoms with E-state index in [1.807, 2.05) is 0 Å². The van der Waals surface area contributed by atoms with Crippen LogP contribution in [0.1, 0.15) is 29.4 Å². The Bertz CT molecular complexity index is 570. The molecule has 1 aliphatic carbocycles. The molecule has 1 aliphatic rings. The topological polar surface area (TPSA) is 95.5 Å². The first-order chi connectivity index (χ1) is 9.88. The zero-order valence-electron chi connectivity index (χ0n) is 11.3. The van der Waals surface area contributed by atoms with E-state index < -0.39 is 24.0 Å². The van der Waals surface area contributed by atoms with Crippen molar-refractivity contribution in [1.82, 2.24) is 10.6 Å². The van der Waals surface area contributed by atoms with Gasteiger partial charge in [0.2, 0.25) is 5.91 Å². The first-order valence-corrected chi connectivity index (χ1v) is 8.09. The van der Waals surface area contributed by atoms with Gasteiger partial charge in [0.05, 0.1) is 8.66 Å². The molecule has 0 radical (unpaired) electrons. The van der Waals surface area contributed by atoms with Crippen LogP contribution < -0.4 is 10.6 Å². The van der Waals surface area contributed by atoms with Crippen LogP contribution in [-0.4, -0.2) is 35.0 Å². The van der Waals surface area contributed by atoms with E-state index in [4.69, 9.17) is 5.11 Å². The summed E-state index contributed by atoms with van der Waals surface area (Å²) >= 11 is 4.52. The average molecular weight is 375 g/mol. The predicted octanol–water partition coefficient (Wildman–Crippen LogP) is 1.61. The summed E-state index contributed by atoms with van der Waals surface area (Å²) in [4.78, 5) is 35.5. The zero-order chi connectivity index (χ0) is 15.6. The Morgan fingerprint density at radius 1 is 1.33 bits per heavy atom. The van der Waals surface area contributed by atoms with E-state index >= 15 is 0 Å². The monoisotopic (exact) mass is 374 g/mol. The normalized spacial score (nSPS) is 16.9. The van der Waals surface area contributed by atoms with Crippen LogP contribution in [0.4, 0.5) is 0 Å². The number of hydrogen-bond donors (Lipinski definition) is 3. The number of amides is 2. The minimum absolute atomic E-state index is 0.00241. The van der Waals surface area contributed by atoms with Crippen molar-refractivity contribution in [2.45, 2.75) is 31.8 Å². The van der Waals surface area contributed by atoms with Crippen molar-refractivity contribution in [3.05, 3.63) is 20.8 Å². The van der Waals surface area contributed by atoms with Crippen LogP contribution in [0.3, 0.4) is 0 Å². The molecule has 1 aromatic heterocycles. The second kappa shape index (κ2) is 6.57. The molecule has 0 aromatic carbocycles. The minimum atomic E-state index is -1.04. The smallest absolute Gasteiger partial charge is 0.326 e. The van der Waals surface area contributed by atoms with E-state index in [0.29, 0.717) is 4.88 Å². The molecule has 3 N–H and O–H groups in total. The molecule has 114 valence electrons. The molecule has 21 heavy (non-hydrogen) atoms. The van der Waals surface area contributed by atoms with Gasteiger partial charge in [0, 0.05) is 0 Å². The first-order valence-electron chi connectivity index (χ1n) is 6.48. The van der Waals surface area contributed by atoms with E-state index in [-0.39, 0.29) is 11.8 Å². The van der Waals surface area contributed by atoms with Gasteiger partial charge >= 0.3 is 5.97 Å². The number of aliphatic carboxylic acids is 1. The number of rotatable bonds is 6. The Balaban J connectivity index is 1.90. The molecule has 6 nitrogen and oxygen atoms in total. The highest BCUT2D eigenvalue weighted by Crippen LogP contribution is 2.32. The van der Waals surface area contributed by atoms with Gasteiger partial charge in [-0.2, -0.15) is 0 Å². The van der Waals surface area contributed by atoms with E-state index in [9.17, 15) is 14.4 Å². The summed E-state index contributed by atoms with van der Waals surface area (Å²) in [6.45, 7) is 1.53. The summed E-state index contributed by atoms with van der Waals surface area (Å²) in [6, 6.07) is 1.74. The second-order valence-corrected chi connectivity index (χ2v) is 7.42. The number of thiophene rings is 1. The molecule has 0 saturated heterocycles. The number of hydrogen-bond acceptors (Lipinski definition) is 4.